The van der Waals surface area contributed by atoms with Crippen LogP contribution in [0.1, 0.15) is 22.3 Å². The number of hydrogen-bond acceptors (Lipinski definition) is 1. The Morgan fingerprint density at radius 1 is 0.297 bits per heavy atom. The van der Waals surface area contributed by atoms with Crippen LogP contribution in [-0.4, -0.2) is 17.6 Å². The van der Waals surface area contributed by atoms with Crippen LogP contribution in [0, 0.1) is 0 Å². The van der Waals surface area contributed by atoms with Crippen molar-refractivity contribution < 1.29 is 0 Å². The molecule has 0 aliphatic rings. The lowest BCUT2D eigenvalue weighted by atomic mass is 9.86. The molecule has 0 aliphatic carbocycles. The van der Waals surface area contributed by atoms with E-state index in [0.717, 1.165) is 11.3 Å². The molecule has 1 atom stereocenters. The minimum atomic E-state index is -2.97. The van der Waals surface area contributed by atoms with E-state index in [0.29, 0.717) is 0 Å². The lowest BCUT2D eigenvalue weighted by Crippen LogP contribution is -2.74. The van der Waals surface area contributed by atoms with Crippen molar-refractivity contribution in [3.05, 3.63) is 289 Å². The first-order chi connectivity index (χ1) is 31.8. The average molecular weight is 833 g/mol. The summed E-state index contributed by atoms with van der Waals surface area (Å²) >= 11 is 0. The van der Waals surface area contributed by atoms with Gasteiger partial charge in [0.2, 0.25) is 0 Å². The lowest BCUT2D eigenvalue weighted by Gasteiger charge is -2.35. The summed E-state index contributed by atoms with van der Waals surface area (Å²) in [6, 6.07) is 93.7. The number of pyridine rings is 1. The van der Waals surface area contributed by atoms with Crippen LogP contribution in [0.5, 0.6) is 0 Å². The predicted octanol–water partition coefficient (Wildman–Crippen LogP) is 12.2. The average Bonchev–Trinajstić information content (AvgIpc) is 3.72. The fourth-order valence-corrected chi connectivity index (χ4v) is 14.5. The molecular weight excluding hydrogens is 789 g/mol. The van der Waals surface area contributed by atoms with Gasteiger partial charge < -0.3 is 4.57 Å². The summed E-state index contributed by atoms with van der Waals surface area (Å²) in [5, 5.41) is 7.81. The van der Waals surface area contributed by atoms with Gasteiger partial charge in [0.1, 0.15) is 0 Å². The molecule has 2 nitrogen and oxygen atoms in total. The largest absolute Gasteiger partial charge is 0.309 e. The van der Waals surface area contributed by atoms with Crippen molar-refractivity contribution in [2.45, 2.75) is 0 Å². The smallest absolute Gasteiger partial charge is 0.179 e. The van der Waals surface area contributed by atoms with Gasteiger partial charge in [0.25, 0.3) is 0 Å². The van der Waals surface area contributed by atoms with E-state index in [1.807, 2.05) is 12.4 Å². The molecule has 0 spiro atoms. The molecule has 0 saturated carbocycles. The number of fused-ring (bicyclic) bond motifs is 3. The van der Waals surface area contributed by atoms with Gasteiger partial charge in [-0.05, 0) is 102 Å². The van der Waals surface area contributed by atoms with Crippen LogP contribution in [0.4, 0.5) is 0 Å². The molecule has 0 radical (unpaired) electrons. The van der Waals surface area contributed by atoms with Crippen LogP contribution in [0.25, 0.3) is 49.8 Å². The molecule has 1 unspecified atom stereocenters. The molecule has 0 fully saturated rings. The molecule has 0 amide bonds. The summed E-state index contributed by atoms with van der Waals surface area (Å²) in [5.74, 6) is 0. The van der Waals surface area contributed by atoms with E-state index in [4.69, 9.17) is 0 Å². The standard InChI is InChI=1S/C61H44N2Si/c1-5-17-47(18-6-1)60(48-19-7-2-8-20-48)61(49-21-9-3-10-22-49)50-31-37-54(38-32-50)64(52-23-11-4-12-24-52,53-35-29-45(30-36-53)46-41-43-62-44-42-46)55-39-33-51(34-40-55)63-58-27-15-13-25-56(58)57-26-14-16-28-59(57)63/h1-44H. The van der Waals surface area contributed by atoms with Crippen LogP contribution in [0.2, 0.25) is 0 Å². The Balaban J connectivity index is 1.14. The van der Waals surface area contributed by atoms with Gasteiger partial charge in [0.15, 0.2) is 8.07 Å². The predicted molar refractivity (Wildman–Crippen MR) is 272 cm³/mol. The first-order valence-corrected chi connectivity index (χ1v) is 23.9. The SMILES string of the molecule is c1ccc(C(=C(c2ccccc2)c2ccc([Si](c3ccccc3)(c3ccc(-c4ccncc4)cc3)c3ccc(-n4c5ccccc5c5ccccc54)cc3)cc2)c2ccccc2)cc1. The molecule has 0 bridgehead atoms. The maximum atomic E-state index is 4.29. The van der Waals surface area contributed by atoms with Crippen LogP contribution in [0.3, 0.4) is 0 Å². The molecular formula is C61H44N2Si. The van der Waals surface area contributed by atoms with Crippen molar-refractivity contribution in [2.75, 3.05) is 0 Å². The highest BCUT2D eigenvalue weighted by molar-refractivity contribution is 7.19. The third-order valence-corrected chi connectivity index (χ3v) is 17.5. The summed E-state index contributed by atoms with van der Waals surface area (Å²) in [6.07, 6.45) is 3.73. The Hall–Kier alpha value is -8.11. The van der Waals surface area contributed by atoms with Gasteiger partial charge in [-0.1, -0.05) is 218 Å². The third kappa shape index (κ3) is 6.89. The highest BCUT2D eigenvalue weighted by Gasteiger charge is 2.41. The van der Waals surface area contributed by atoms with E-state index in [9.17, 15) is 0 Å². The monoisotopic (exact) mass is 832 g/mol. The summed E-state index contributed by atoms with van der Waals surface area (Å²) in [7, 11) is -2.97. The highest BCUT2D eigenvalue weighted by atomic mass is 28.3. The molecule has 64 heavy (non-hydrogen) atoms. The Labute approximate surface area is 375 Å². The summed E-state index contributed by atoms with van der Waals surface area (Å²) in [6.45, 7) is 0. The van der Waals surface area contributed by atoms with Gasteiger partial charge in [-0.15, -0.1) is 0 Å². The fourth-order valence-electron chi connectivity index (χ4n) is 9.82. The normalized spacial score (nSPS) is 12.2. The number of aromatic nitrogens is 2. The van der Waals surface area contributed by atoms with Gasteiger partial charge in [0.05, 0.1) is 11.0 Å². The molecule has 11 rings (SSSR count). The number of rotatable bonds is 10. The van der Waals surface area contributed by atoms with E-state index in [1.54, 1.807) is 0 Å². The molecule has 9 aromatic carbocycles. The maximum Gasteiger partial charge on any atom is 0.179 e. The van der Waals surface area contributed by atoms with Crippen LogP contribution in [0.15, 0.2) is 267 Å². The molecule has 11 aromatic rings. The second-order valence-corrected chi connectivity index (χ2v) is 20.1. The molecule has 0 aliphatic heterocycles. The van der Waals surface area contributed by atoms with Crippen molar-refractivity contribution >= 4 is 61.8 Å². The lowest BCUT2D eigenvalue weighted by molar-refractivity contribution is 1.18. The Kier molecular flexibility index (Phi) is 10.3. The van der Waals surface area contributed by atoms with Crippen molar-refractivity contribution in [3.63, 3.8) is 0 Å². The van der Waals surface area contributed by atoms with Gasteiger partial charge in [-0.2, -0.15) is 0 Å². The van der Waals surface area contributed by atoms with E-state index < -0.39 is 8.07 Å². The van der Waals surface area contributed by atoms with Crippen LogP contribution in [-0.2, 0) is 0 Å². The number of nitrogens with zero attached hydrogens (tertiary/aromatic N) is 2. The third-order valence-electron chi connectivity index (χ3n) is 12.7. The van der Waals surface area contributed by atoms with Gasteiger partial charge >= 0.3 is 0 Å². The molecule has 2 heterocycles. The fraction of sp³-hybridized carbons (Fsp3) is 0. The van der Waals surface area contributed by atoms with E-state index in [2.05, 4.69) is 264 Å². The zero-order valence-corrected chi connectivity index (χ0v) is 36.3. The molecule has 0 saturated heterocycles. The van der Waals surface area contributed by atoms with Crippen LogP contribution >= 0.6 is 0 Å². The molecule has 302 valence electrons. The number of hydrogen-bond donors (Lipinski definition) is 0. The summed E-state index contributed by atoms with van der Waals surface area (Å²) in [4.78, 5) is 4.29. The highest BCUT2D eigenvalue weighted by Crippen LogP contribution is 2.37. The minimum Gasteiger partial charge on any atom is -0.309 e. The van der Waals surface area contributed by atoms with Crippen molar-refractivity contribution in [1.82, 2.24) is 9.55 Å². The van der Waals surface area contributed by atoms with Crippen LogP contribution < -0.4 is 20.7 Å². The Bertz CT molecular complexity index is 3270. The first kappa shape index (κ1) is 38.8. The second kappa shape index (κ2) is 17.0. The first-order valence-electron chi connectivity index (χ1n) is 21.9. The summed E-state index contributed by atoms with van der Waals surface area (Å²) in [5.41, 5.74) is 13.0. The van der Waals surface area contributed by atoms with Crippen molar-refractivity contribution in [3.8, 4) is 16.8 Å². The zero-order valence-electron chi connectivity index (χ0n) is 35.3. The van der Waals surface area contributed by atoms with Crippen molar-refractivity contribution in [1.29, 1.82) is 0 Å². The van der Waals surface area contributed by atoms with E-state index in [1.165, 1.54) is 81.5 Å². The molecule has 0 N–H and O–H groups in total. The maximum absolute atomic E-state index is 4.29. The zero-order chi connectivity index (χ0) is 42.7. The second-order valence-electron chi connectivity index (χ2n) is 16.3. The van der Waals surface area contributed by atoms with Gasteiger partial charge in [0, 0.05) is 28.9 Å². The quantitative estimate of drug-likeness (QED) is 0.0762. The van der Waals surface area contributed by atoms with E-state index >= 15 is 0 Å². The Morgan fingerprint density at radius 2 is 0.641 bits per heavy atom. The minimum absolute atomic E-state index is 1.15. The number of para-hydroxylation sites is 2. The molecule has 3 heteroatoms. The topological polar surface area (TPSA) is 17.8 Å². The van der Waals surface area contributed by atoms with Gasteiger partial charge in [-0.25, -0.2) is 0 Å². The van der Waals surface area contributed by atoms with Gasteiger partial charge in [-0.3, -0.25) is 4.98 Å². The molecule has 2 aromatic heterocycles. The van der Waals surface area contributed by atoms with Crippen molar-refractivity contribution in [2.24, 2.45) is 0 Å². The summed E-state index contributed by atoms with van der Waals surface area (Å²) < 4.78 is 2.41. The van der Waals surface area contributed by atoms with E-state index in [-0.39, 0.29) is 0 Å². The number of benzene rings is 9. The Morgan fingerprint density at radius 3 is 1.11 bits per heavy atom.